The molecule has 5 heteroatoms. The molecule has 0 aliphatic rings. The quantitative estimate of drug-likeness (QED) is 0.745. The lowest BCUT2D eigenvalue weighted by Gasteiger charge is -2.04. The van der Waals surface area contributed by atoms with Gasteiger partial charge in [-0.1, -0.05) is 13.0 Å². The minimum Gasteiger partial charge on any atom is -0.356 e. The van der Waals surface area contributed by atoms with Crippen molar-refractivity contribution in [2.75, 3.05) is 6.54 Å². The second-order valence-electron chi connectivity index (χ2n) is 4.31. The zero-order valence-corrected chi connectivity index (χ0v) is 10.4. The SMILES string of the molecule is CCCC(=O)NCCc1ccc2[nH]c(=O)[nH]c2c1. The Kier molecular flexibility index (Phi) is 3.82. The van der Waals surface area contributed by atoms with Crippen molar-refractivity contribution in [3.8, 4) is 0 Å². The number of carbonyl (C=O) groups excluding carboxylic acids is 1. The van der Waals surface area contributed by atoms with Gasteiger partial charge in [0.15, 0.2) is 0 Å². The molecule has 0 unspecified atom stereocenters. The van der Waals surface area contributed by atoms with Crippen LogP contribution in [0.4, 0.5) is 0 Å². The molecule has 5 nitrogen and oxygen atoms in total. The molecule has 0 aliphatic heterocycles. The van der Waals surface area contributed by atoms with Crippen LogP contribution in [0.1, 0.15) is 25.3 Å². The molecule has 0 atom stereocenters. The minimum atomic E-state index is -0.196. The van der Waals surface area contributed by atoms with Crippen molar-refractivity contribution >= 4 is 16.9 Å². The van der Waals surface area contributed by atoms with Crippen molar-refractivity contribution < 1.29 is 4.79 Å². The summed E-state index contributed by atoms with van der Waals surface area (Å²) in [4.78, 5) is 27.8. The standard InChI is InChI=1S/C13H17N3O2/c1-2-3-12(17)14-7-6-9-4-5-10-11(8-9)16-13(18)15-10/h4-5,8H,2-3,6-7H2,1H3,(H,14,17)(H2,15,16,18). The Morgan fingerprint density at radius 3 is 2.83 bits per heavy atom. The Hall–Kier alpha value is -2.04. The largest absolute Gasteiger partial charge is 0.356 e. The summed E-state index contributed by atoms with van der Waals surface area (Å²) in [5.74, 6) is 0.0913. The third-order valence-corrected chi connectivity index (χ3v) is 2.79. The Bertz CT molecular complexity index is 598. The summed E-state index contributed by atoms with van der Waals surface area (Å²) in [5.41, 5.74) is 2.50. The lowest BCUT2D eigenvalue weighted by atomic mass is 10.1. The van der Waals surface area contributed by atoms with Crippen molar-refractivity contribution in [3.05, 3.63) is 34.2 Å². The van der Waals surface area contributed by atoms with Gasteiger partial charge in [-0.3, -0.25) is 4.79 Å². The average Bonchev–Trinajstić information content (AvgIpc) is 2.69. The highest BCUT2D eigenvalue weighted by atomic mass is 16.1. The van der Waals surface area contributed by atoms with Gasteiger partial charge < -0.3 is 15.3 Å². The van der Waals surface area contributed by atoms with E-state index in [1.54, 1.807) is 0 Å². The minimum absolute atomic E-state index is 0.0913. The predicted molar refractivity (Wildman–Crippen MR) is 70.5 cm³/mol. The molecule has 1 amide bonds. The van der Waals surface area contributed by atoms with Crippen molar-refractivity contribution in [3.63, 3.8) is 0 Å². The summed E-state index contributed by atoms with van der Waals surface area (Å²) < 4.78 is 0. The van der Waals surface area contributed by atoms with Gasteiger partial charge in [0.2, 0.25) is 5.91 Å². The lowest BCUT2D eigenvalue weighted by molar-refractivity contribution is -0.121. The van der Waals surface area contributed by atoms with Gasteiger partial charge in [-0.05, 0) is 30.5 Å². The van der Waals surface area contributed by atoms with Gasteiger partial charge in [0.1, 0.15) is 0 Å². The maximum absolute atomic E-state index is 11.3. The highest BCUT2D eigenvalue weighted by Crippen LogP contribution is 2.10. The fraction of sp³-hybridized carbons (Fsp3) is 0.385. The van der Waals surface area contributed by atoms with Gasteiger partial charge in [-0.2, -0.15) is 0 Å². The number of fused-ring (bicyclic) bond motifs is 1. The van der Waals surface area contributed by atoms with Crippen molar-refractivity contribution in [2.45, 2.75) is 26.2 Å². The van der Waals surface area contributed by atoms with E-state index in [-0.39, 0.29) is 11.6 Å². The van der Waals surface area contributed by atoms with Crippen LogP contribution in [0.15, 0.2) is 23.0 Å². The number of imidazole rings is 1. The smallest absolute Gasteiger partial charge is 0.323 e. The van der Waals surface area contributed by atoms with Crippen LogP contribution in [0.2, 0.25) is 0 Å². The van der Waals surface area contributed by atoms with E-state index in [2.05, 4.69) is 15.3 Å². The number of benzene rings is 1. The van der Waals surface area contributed by atoms with Gasteiger partial charge >= 0.3 is 5.69 Å². The Morgan fingerprint density at radius 1 is 1.28 bits per heavy atom. The Labute approximate surface area is 105 Å². The summed E-state index contributed by atoms with van der Waals surface area (Å²) in [5, 5.41) is 2.87. The summed E-state index contributed by atoms with van der Waals surface area (Å²) in [6, 6.07) is 5.76. The molecule has 3 N–H and O–H groups in total. The molecule has 0 saturated carbocycles. The zero-order valence-electron chi connectivity index (χ0n) is 10.4. The van der Waals surface area contributed by atoms with E-state index in [0.717, 1.165) is 29.4 Å². The predicted octanol–water partition coefficient (Wildman–Crippen LogP) is 1.31. The van der Waals surface area contributed by atoms with Gasteiger partial charge in [-0.15, -0.1) is 0 Å². The highest BCUT2D eigenvalue weighted by molar-refractivity contribution is 5.76. The number of aromatic nitrogens is 2. The van der Waals surface area contributed by atoms with Gasteiger partial charge in [-0.25, -0.2) is 4.79 Å². The van der Waals surface area contributed by atoms with Crippen LogP contribution in [-0.4, -0.2) is 22.4 Å². The van der Waals surface area contributed by atoms with Crippen LogP contribution in [0.3, 0.4) is 0 Å². The molecule has 1 aromatic carbocycles. The normalized spacial score (nSPS) is 10.7. The molecule has 0 aliphatic carbocycles. The fourth-order valence-electron chi connectivity index (χ4n) is 1.90. The first kappa shape index (κ1) is 12.4. The molecule has 0 bridgehead atoms. The third-order valence-electron chi connectivity index (χ3n) is 2.79. The van der Waals surface area contributed by atoms with Gasteiger partial charge in [0.25, 0.3) is 0 Å². The molecule has 1 heterocycles. The molecule has 18 heavy (non-hydrogen) atoms. The maximum atomic E-state index is 11.3. The van der Waals surface area contributed by atoms with Crippen molar-refractivity contribution in [1.82, 2.24) is 15.3 Å². The molecule has 0 saturated heterocycles. The summed E-state index contributed by atoms with van der Waals surface area (Å²) in [7, 11) is 0. The fourth-order valence-corrected chi connectivity index (χ4v) is 1.90. The monoisotopic (exact) mass is 247 g/mol. The van der Waals surface area contributed by atoms with Crippen LogP contribution in [0, 0.1) is 0 Å². The van der Waals surface area contributed by atoms with E-state index in [9.17, 15) is 9.59 Å². The van der Waals surface area contributed by atoms with E-state index in [0.29, 0.717) is 13.0 Å². The Morgan fingerprint density at radius 2 is 2.06 bits per heavy atom. The van der Waals surface area contributed by atoms with E-state index in [4.69, 9.17) is 0 Å². The number of hydrogen-bond donors (Lipinski definition) is 3. The maximum Gasteiger partial charge on any atom is 0.323 e. The summed E-state index contributed by atoms with van der Waals surface area (Å²) >= 11 is 0. The zero-order chi connectivity index (χ0) is 13.0. The molecule has 0 radical (unpaired) electrons. The van der Waals surface area contributed by atoms with Crippen LogP contribution in [-0.2, 0) is 11.2 Å². The van der Waals surface area contributed by atoms with Gasteiger partial charge in [0.05, 0.1) is 11.0 Å². The topological polar surface area (TPSA) is 77.8 Å². The summed E-state index contributed by atoms with van der Waals surface area (Å²) in [6.07, 6.45) is 2.20. The Balaban J connectivity index is 1.95. The molecule has 2 aromatic rings. The number of amides is 1. The number of hydrogen-bond acceptors (Lipinski definition) is 2. The molecule has 2 rings (SSSR count). The van der Waals surface area contributed by atoms with Crippen LogP contribution in [0.25, 0.3) is 11.0 Å². The number of H-pyrrole nitrogens is 2. The molecule has 1 aromatic heterocycles. The first-order valence-corrected chi connectivity index (χ1v) is 6.16. The molecular formula is C13H17N3O2. The number of rotatable bonds is 5. The van der Waals surface area contributed by atoms with E-state index in [1.807, 2.05) is 25.1 Å². The van der Waals surface area contributed by atoms with E-state index < -0.39 is 0 Å². The second-order valence-corrected chi connectivity index (χ2v) is 4.31. The van der Waals surface area contributed by atoms with E-state index in [1.165, 1.54) is 0 Å². The van der Waals surface area contributed by atoms with Crippen molar-refractivity contribution in [2.24, 2.45) is 0 Å². The van der Waals surface area contributed by atoms with Crippen LogP contribution < -0.4 is 11.0 Å². The third kappa shape index (κ3) is 3.00. The molecule has 96 valence electrons. The average molecular weight is 247 g/mol. The van der Waals surface area contributed by atoms with Crippen LogP contribution in [0.5, 0.6) is 0 Å². The summed E-state index contributed by atoms with van der Waals surface area (Å²) in [6.45, 7) is 2.61. The first-order chi connectivity index (χ1) is 8.69. The second kappa shape index (κ2) is 5.53. The number of nitrogens with one attached hydrogen (secondary N) is 3. The molecule has 0 spiro atoms. The highest BCUT2D eigenvalue weighted by Gasteiger charge is 2.01. The van der Waals surface area contributed by atoms with E-state index >= 15 is 0 Å². The molecule has 0 fully saturated rings. The first-order valence-electron chi connectivity index (χ1n) is 6.16. The lowest BCUT2D eigenvalue weighted by Crippen LogP contribution is -2.25. The van der Waals surface area contributed by atoms with Gasteiger partial charge in [0, 0.05) is 13.0 Å². The van der Waals surface area contributed by atoms with Crippen LogP contribution >= 0.6 is 0 Å². The number of aromatic amines is 2. The number of carbonyl (C=O) groups is 1. The molecular weight excluding hydrogens is 230 g/mol. The van der Waals surface area contributed by atoms with Crippen molar-refractivity contribution in [1.29, 1.82) is 0 Å².